The van der Waals surface area contributed by atoms with Gasteiger partial charge in [0.25, 0.3) is 0 Å². The fraction of sp³-hybridized carbons (Fsp3) is 0.200. The average molecular weight is 260 g/mol. The SMILES string of the molecule is CCOc1ccccc1P(C)(=O)c1ccccc1. The van der Waals surface area contributed by atoms with Crippen LogP contribution in [0.2, 0.25) is 0 Å². The van der Waals surface area contributed by atoms with Crippen molar-refractivity contribution in [2.75, 3.05) is 13.3 Å². The maximum absolute atomic E-state index is 13.0. The quantitative estimate of drug-likeness (QED) is 0.790. The molecule has 0 spiro atoms. The Hall–Kier alpha value is -1.53. The van der Waals surface area contributed by atoms with Crippen molar-refractivity contribution >= 4 is 17.8 Å². The maximum atomic E-state index is 13.0. The smallest absolute Gasteiger partial charge is 0.143 e. The molecule has 0 N–H and O–H groups in total. The lowest BCUT2D eigenvalue weighted by Gasteiger charge is -2.17. The van der Waals surface area contributed by atoms with E-state index >= 15 is 0 Å². The number of hydrogen-bond donors (Lipinski definition) is 0. The molecule has 3 heteroatoms. The van der Waals surface area contributed by atoms with Crippen LogP contribution >= 0.6 is 7.14 Å². The molecule has 0 radical (unpaired) electrons. The Morgan fingerprint density at radius 3 is 2.28 bits per heavy atom. The summed E-state index contributed by atoms with van der Waals surface area (Å²) in [7, 11) is -2.59. The van der Waals surface area contributed by atoms with Gasteiger partial charge in [-0.2, -0.15) is 0 Å². The van der Waals surface area contributed by atoms with Gasteiger partial charge in [-0.3, -0.25) is 0 Å². The summed E-state index contributed by atoms with van der Waals surface area (Å²) in [6.07, 6.45) is 0. The molecule has 18 heavy (non-hydrogen) atoms. The van der Waals surface area contributed by atoms with Gasteiger partial charge in [0, 0.05) is 5.30 Å². The number of hydrogen-bond acceptors (Lipinski definition) is 2. The zero-order chi connectivity index (χ0) is 13.0. The van der Waals surface area contributed by atoms with Crippen LogP contribution in [-0.4, -0.2) is 13.3 Å². The second kappa shape index (κ2) is 5.41. The van der Waals surface area contributed by atoms with Gasteiger partial charge in [0.2, 0.25) is 0 Å². The van der Waals surface area contributed by atoms with E-state index in [1.165, 1.54) is 0 Å². The van der Waals surface area contributed by atoms with Crippen LogP contribution in [-0.2, 0) is 4.57 Å². The van der Waals surface area contributed by atoms with E-state index < -0.39 is 7.14 Å². The molecule has 0 aliphatic carbocycles. The van der Waals surface area contributed by atoms with E-state index in [0.29, 0.717) is 6.61 Å². The Labute approximate surface area is 108 Å². The van der Waals surface area contributed by atoms with Gasteiger partial charge in [0.05, 0.1) is 11.9 Å². The molecule has 2 rings (SSSR count). The Bertz CT molecular complexity index is 564. The molecule has 2 aromatic rings. The minimum Gasteiger partial charge on any atom is -0.493 e. The van der Waals surface area contributed by atoms with Gasteiger partial charge in [-0.15, -0.1) is 0 Å². The third kappa shape index (κ3) is 2.49. The number of rotatable bonds is 4. The fourth-order valence-electron chi connectivity index (χ4n) is 1.94. The normalized spacial score (nSPS) is 13.9. The second-order valence-corrected chi connectivity index (χ2v) is 7.01. The Balaban J connectivity index is 2.51. The molecule has 1 atom stereocenters. The van der Waals surface area contributed by atoms with Crippen molar-refractivity contribution in [3.63, 3.8) is 0 Å². The van der Waals surface area contributed by atoms with Crippen LogP contribution in [0.5, 0.6) is 5.75 Å². The summed E-state index contributed by atoms with van der Waals surface area (Å²) in [5, 5.41) is 1.65. The standard InChI is InChI=1S/C15H17O2P/c1-3-17-14-11-7-8-12-15(14)18(2,16)13-9-5-4-6-10-13/h4-12H,3H2,1-2H3. The van der Waals surface area contributed by atoms with Gasteiger partial charge in [-0.1, -0.05) is 42.5 Å². The number of para-hydroxylation sites is 1. The van der Waals surface area contributed by atoms with Gasteiger partial charge in [0.1, 0.15) is 12.9 Å². The van der Waals surface area contributed by atoms with Gasteiger partial charge >= 0.3 is 0 Å². The first kappa shape index (κ1) is 12.9. The van der Waals surface area contributed by atoms with Gasteiger partial charge in [-0.25, -0.2) is 0 Å². The van der Waals surface area contributed by atoms with Crippen molar-refractivity contribution in [1.29, 1.82) is 0 Å². The molecular formula is C15H17O2P. The van der Waals surface area contributed by atoms with Crippen LogP contribution in [0.3, 0.4) is 0 Å². The van der Waals surface area contributed by atoms with Crippen molar-refractivity contribution in [1.82, 2.24) is 0 Å². The molecule has 0 aliphatic heterocycles. The first-order valence-corrected chi connectivity index (χ1v) is 8.17. The highest BCUT2D eigenvalue weighted by molar-refractivity contribution is 7.78. The molecule has 0 aromatic heterocycles. The number of benzene rings is 2. The highest BCUT2D eigenvalue weighted by Gasteiger charge is 2.24. The summed E-state index contributed by atoms with van der Waals surface area (Å²) >= 11 is 0. The molecular weight excluding hydrogens is 243 g/mol. The van der Waals surface area contributed by atoms with Crippen LogP contribution in [0.15, 0.2) is 54.6 Å². The van der Waals surface area contributed by atoms with Crippen molar-refractivity contribution in [3.05, 3.63) is 54.6 Å². The molecule has 0 aliphatic rings. The highest BCUT2D eigenvalue weighted by Crippen LogP contribution is 2.41. The minimum absolute atomic E-state index is 0.575. The molecule has 0 fully saturated rings. The molecule has 0 heterocycles. The summed E-state index contributed by atoms with van der Waals surface area (Å²) in [5.74, 6) is 0.717. The first-order valence-electron chi connectivity index (χ1n) is 6.01. The van der Waals surface area contributed by atoms with Crippen molar-refractivity contribution in [2.45, 2.75) is 6.92 Å². The average Bonchev–Trinajstić information content (AvgIpc) is 2.41. The van der Waals surface area contributed by atoms with E-state index in [4.69, 9.17) is 4.74 Å². The summed E-state index contributed by atoms with van der Waals surface area (Å²) in [4.78, 5) is 0. The van der Waals surface area contributed by atoms with E-state index in [1.54, 1.807) is 6.66 Å². The van der Waals surface area contributed by atoms with Crippen LogP contribution in [0, 0.1) is 0 Å². The lowest BCUT2D eigenvalue weighted by atomic mass is 10.3. The van der Waals surface area contributed by atoms with Crippen LogP contribution < -0.4 is 15.3 Å². The van der Waals surface area contributed by atoms with E-state index in [0.717, 1.165) is 16.4 Å². The monoisotopic (exact) mass is 260 g/mol. The third-order valence-electron chi connectivity index (χ3n) is 2.87. The summed E-state index contributed by atoms with van der Waals surface area (Å²) in [6.45, 7) is 4.30. The highest BCUT2D eigenvalue weighted by atomic mass is 31.2. The van der Waals surface area contributed by atoms with Crippen LogP contribution in [0.25, 0.3) is 0 Å². The zero-order valence-corrected chi connectivity index (χ0v) is 11.6. The van der Waals surface area contributed by atoms with Crippen LogP contribution in [0.1, 0.15) is 6.92 Å². The lowest BCUT2D eigenvalue weighted by Crippen LogP contribution is -2.17. The Kier molecular flexibility index (Phi) is 3.88. The van der Waals surface area contributed by atoms with E-state index in [2.05, 4.69) is 0 Å². The summed E-state index contributed by atoms with van der Waals surface area (Å²) in [6, 6.07) is 17.1. The van der Waals surface area contributed by atoms with Crippen molar-refractivity contribution in [2.24, 2.45) is 0 Å². The third-order valence-corrected chi connectivity index (χ3v) is 5.45. The van der Waals surface area contributed by atoms with E-state index in [-0.39, 0.29) is 0 Å². The largest absolute Gasteiger partial charge is 0.493 e. The maximum Gasteiger partial charge on any atom is 0.143 e. The van der Waals surface area contributed by atoms with Gasteiger partial charge in [0.15, 0.2) is 0 Å². The summed E-state index contributed by atoms with van der Waals surface area (Å²) in [5.41, 5.74) is 0. The van der Waals surface area contributed by atoms with Crippen molar-refractivity contribution in [3.8, 4) is 5.75 Å². The molecule has 0 saturated carbocycles. The molecule has 2 nitrogen and oxygen atoms in total. The minimum atomic E-state index is -2.59. The second-order valence-electron chi connectivity index (χ2n) is 4.16. The topological polar surface area (TPSA) is 26.3 Å². The molecule has 0 saturated heterocycles. The van der Waals surface area contributed by atoms with Gasteiger partial charge in [-0.05, 0) is 25.7 Å². The van der Waals surface area contributed by atoms with E-state index in [9.17, 15) is 4.57 Å². The Morgan fingerprint density at radius 1 is 1.00 bits per heavy atom. The van der Waals surface area contributed by atoms with Crippen molar-refractivity contribution < 1.29 is 9.30 Å². The van der Waals surface area contributed by atoms with Crippen LogP contribution in [0.4, 0.5) is 0 Å². The fourth-order valence-corrected chi connectivity index (χ4v) is 3.89. The zero-order valence-electron chi connectivity index (χ0n) is 10.7. The summed E-state index contributed by atoms with van der Waals surface area (Å²) < 4.78 is 18.6. The molecule has 2 aromatic carbocycles. The first-order chi connectivity index (χ1) is 8.66. The Morgan fingerprint density at radius 2 is 1.61 bits per heavy atom. The predicted molar refractivity (Wildman–Crippen MR) is 76.9 cm³/mol. The van der Waals surface area contributed by atoms with Gasteiger partial charge < -0.3 is 9.30 Å². The molecule has 0 amide bonds. The molecule has 1 unspecified atom stereocenters. The lowest BCUT2D eigenvalue weighted by molar-refractivity contribution is 0.343. The molecule has 94 valence electrons. The number of ether oxygens (including phenoxy) is 1. The predicted octanol–water partition coefficient (Wildman–Crippen LogP) is 3.03. The van der Waals surface area contributed by atoms with E-state index in [1.807, 2.05) is 61.5 Å². The molecule has 0 bridgehead atoms.